The zero-order valence-corrected chi connectivity index (χ0v) is 9.64. The van der Waals surface area contributed by atoms with E-state index in [9.17, 15) is 0 Å². The molecule has 0 unspecified atom stereocenters. The fourth-order valence-corrected chi connectivity index (χ4v) is 1.45. The molecule has 0 saturated heterocycles. The topological polar surface area (TPSA) is 21.3 Å². The van der Waals surface area contributed by atoms with E-state index in [4.69, 9.17) is 4.74 Å². The van der Waals surface area contributed by atoms with Gasteiger partial charge in [0, 0.05) is 12.7 Å². The Morgan fingerprint density at radius 1 is 1.14 bits per heavy atom. The molecule has 0 spiro atoms. The Balaban J connectivity index is 3.04. The molecule has 0 saturated carbocycles. The molecule has 0 aliphatic carbocycles. The standard InChI is InChI=1S/C12H19NO/c1-8(2)14-12-7-6-11(13-5)9(3)10(12)4/h6-8,13H,1-5H3. The van der Waals surface area contributed by atoms with Crippen LogP contribution in [-0.4, -0.2) is 13.2 Å². The lowest BCUT2D eigenvalue weighted by atomic mass is 10.1. The van der Waals surface area contributed by atoms with Crippen molar-refractivity contribution < 1.29 is 4.74 Å². The summed E-state index contributed by atoms with van der Waals surface area (Å²) in [5.74, 6) is 0.983. The summed E-state index contributed by atoms with van der Waals surface area (Å²) in [5, 5.41) is 3.16. The lowest BCUT2D eigenvalue weighted by Gasteiger charge is -2.16. The number of rotatable bonds is 3. The van der Waals surface area contributed by atoms with Crippen molar-refractivity contribution in [2.45, 2.75) is 33.8 Å². The van der Waals surface area contributed by atoms with Crippen LogP contribution in [0, 0.1) is 13.8 Å². The van der Waals surface area contributed by atoms with Crippen LogP contribution in [-0.2, 0) is 0 Å². The lowest BCUT2D eigenvalue weighted by molar-refractivity contribution is 0.240. The van der Waals surface area contributed by atoms with Gasteiger partial charge in [-0.3, -0.25) is 0 Å². The number of ether oxygens (including phenoxy) is 1. The van der Waals surface area contributed by atoms with Crippen molar-refractivity contribution >= 4 is 5.69 Å². The van der Waals surface area contributed by atoms with Gasteiger partial charge < -0.3 is 10.1 Å². The third-order valence-electron chi connectivity index (χ3n) is 2.37. The summed E-state index contributed by atoms with van der Waals surface area (Å²) in [6.45, 7) is 8.28. The van der Waals surface area contributed by atoms with Gasteiger partial charge in [0.15, 0.2) is 0 Å². The molecular weight excluding hydrogens is 174 g/mol. The number of hydrogen-bond acceptors (Lipinski definition) is 2. The van der Waals surface area contributed by atoms with Crippen molar-refractivity contribution in [3.05, 3.63) is 23.3 Å². The van der Waals surface area contributed by atoms with Crippen molar-refractivity contribution in [1.29, 1.82) is 0 Å². The minimum absolute atomic E-state index is 0.230. The van der Waals surface area contributed by atoms with Crippen molar-refractivity contribution in [2.75, 3.05) is 12.4 Å². The van der Waals surface area contributed by atoms with Gasteiger partial charge in [0.2, 0.25) is 0 Å². The molecule has 78 valence electrons. The monoisotopic (exact) mass is 193 g/mol. The number of anilines is 1. The average Bonchev–Trinajstić information content (AvgIpc) is 2.13. The van der Waals surface area contributed by atoms with Crippen LogP contribution in [0.3, 0.4) is 0 Å². The van der Waals surface area contributed by atoms with Gasteiger partial charge in [0.1, 0.15) is 5.75 Å². The van der Waals surface area contributed by atoms with Gasteiger partial charge in [0.25, 0.3) is 0 Å². The van der Waals surface area contributed by atoms with E-state index in [1.807, 2.05) is 27.0 Å². The molecule has 1 rings (SSSR count). The van der Waals surface area contributed by atoms with Crippen LogP contribution in [0.25, 0.3) is 0 Å². The van der Waals surface area contributed by atoms with Crippen LogP contribution in [0.15, 0.2) is 12.1 Å². The number of hydrogen-bond donors (Lipinski definition) is 1. The molecule has 0 fully saturated rings. The summed E-state index contributed by atoms with van der Waals surface area (Å²) in [5.41, 5.74) is 3.63. The quantitative estimate of drug-likeness (QED) is 0.796. The molecule has 14 heavy (non-hydrogen) atoms. The first-order valence-corrected chi connectivity index (χ1v) is 5.01. The Labute approximate surface area is 86.3 Å². The van der Waals surface area contributed by atoms with E-state index in [1.54, 1.807) is 0 Å². The summed E-state index contributed by atoms with van der Waals surface area (Å²) >= 11 is 0. The molecule has 0 aliphatic heterocycles. The number of nitrogens with one attached hydrogen (secondary N) is 1. The maximum atomic E-state index is 5.70. The third-order valence-corrected chi connectivity index (χ3v) is 2.37. The van der Waals surface area contributed by atoms with Gasteiger partial charge in [-0.25, -0.2) is 0 Å². The minimum Gasteiger partial charge on any atom is -0.491 e. The van der Waals surface area contributed by atoms with E-state index in [0.717, 1.165) is 5.75 Å². The third kappa shape index (κ3) is 2.19. The van der Waals surface area contributed by atoms with Crippen LogP contribution in [0.1, 0.15) is 25.0 Å². The second-order valence-electron chi connectivity index (χ2n) is 3.78. The molecule has 0 radical (unpaired) electrons. The van der Waals surface area contributed by atoms with E-state index >= 15 is 0 Å². The maximum Gasteiger partial charge on any atom is 0.123 e. The van der Waals surface area contributed by atoms with E-state index in [0.29, 0.717) is 0 Å². The fourth-order valence-electron chi connectivity index (χ4n) is 1.45. The Morgan fingerprint density at radius 3 is 2.29 bits per heavy atom. The van der Waals surface area contributed by atoms with Crippen molar-refractivity contribution in [3.63, 3.8) is 0 Å². The zero-order chi connectivity index (χ0) is 10.7. The summed E-state index contributed by atoms with van der Waals surface area (Å²) in [4.78, 5) is 0. The smallest absolute Gasteiger partial charge is 0.123 e. The Kier molecular flexibility index (Phi) is 3.39. The molecule has 2 heteroatoms. The second-order valence-corrected chi connectivity index (χ2v) is 3.78. The van der Waals surface area contributed by atoms with Crippen LogP contribution in [0.2, 0.25) is 0 Å². The Hall–Kier alpha value is -1.18. The van der Waals surface area contributed by atoms with Crippen molar-refractivity contribution in [1.82, 2.24) is 0 Å². The molecule has 2 nitrogen and oxygen atoms in total. The van der Waals surface area contributed by atoms with E-state index < -0.39 is 0 Å². The lowest BCUT2D eigenvalue weighted by Crippen LogP contribution is -2.07. The first-order chi connectivity index (χ1) is 6.56. The molecule has 0 heterocycles. The highest BCUT2D eigenvalue weighted by Crippen LogP contribution is 2.27. The van der Waals surface area contributed by atoms with Crippen molar-refractivity contribution in [3.8, 4) is 5.75 Å². The predicted molar refractivity (Wildman–Crippen MR) is 61.2 cm³/mol. The molecule has 1 aromatic carbocycles. The largest absolute Gasteiger partial charge is 0.491 e. The zero-order valence-electron chi connectivity index (χ0n) is 9.64. The molecule has 1 aromatic rings. The maximum absolute atomic E-state index is 5.70. The van der Waals surface area contributed by atoms with Gasteiger partial charge in [0.05, 0.1) is 6.10 Å². The predicted octanol–water partition coefficient (Wildman–Crippen LogP) is 3.13. The molecule has 0 bridgehead atoms. The first kappa shape index (κ1) is 10.9. The molecular formula is C12H19NO. The van der Waals surface area contributed by atoms with Crippen LogP contribution < -0.4 is 10.1 Å². The molecule has 0 aliphatic rings. The van der Waals surface area contributed by atoms with Crippen molar-refractivity contribution in [2.24, 2.45) is 0 Å². The highest BCUT2D eigenvalue weighted by molar-refractivity contribution is 5.57. The summed E-state index contributed by atoms with van der Waals surface area (Å²) < 4.78 is 5.70. The molecule has 0 aromatic heterocycles. The molecule has 0 amide bonds. The highest BCUT2D eigenvalue weighted by Gasteiger charge is 2.07. The fraction of sp³-hybridized carbons (Fsp3) is 0.500. The van der Waals surface area contributed by atoms with Gasteiger partial charge in [-0.05, 0) is 51.0 Å². The highest BCUT2D eigenvalue weighted by atomic mass is 16.5. The van der Waals surface area contributed by atoms with E-state index in [1.165, 1.54) is 16.8 Å². The van der Waals surface area contributed by atoms with Gasteiger partial charge in [-0.1, -0.05) is 0 Å². The van der Waals surface area contributed by atoms with E-state index in [-0.39, 0.29) is 6.10 Å². The SMILES string of the molecule is CNc1ccc(OC(C)C)c(C)c1C. The average molecular weight is 193 g/mol. The van der Waals surface area contributed by atoms with Gasteiger partial charge >= 0.3 is 0 Å². The summed E-state index contributed by atoms with van der Waals surface area (Å²) in [6, 6.07) is 4.08. The minimum atomic E-state index is 0.230. The van der Waals surface area contributed by atoms with Crippen LogP contribution >= 0.6 is 0 Å². The van der Waals surface area contributed by atoms with Crippen LogP contribution in [0.5, 0.6) is 5.75 Å². The van der Waals surface area contributed by atoms with Gasteiger partial charge in [-0.2, -0.15) is 0 Å². The Morgan fingerprint density at radius 2 is 1.79 bits per heavy atom. The Bertz CT molecular complexity index is 318. The van der Waals surface area contributed by atoms with E-state index in [2.05, 4.69) is 25.2 Å². The first-order valence-electron chi connectivity index (χ1n) is 5.01. The van der Waals surface area contributed by atoms with Crippen LogP contribution in [0.4, 0.5) is 5.69 Å². The normalized spacial score (nSPS) is 10.4. The molecule has 1 N–H and O–H groups in total. The van der Waals surface area contributed by atoms with Gasteiger partial charge in [-0.15, -0.1) is 0 Å². The summed E-state index contributed by atoms with van der Waals surface area (Å²) in [7, 11) is 1.94. The second kappa shape index (κ2) is 4.36. The summed E-state index contributed by atoms with van der Waals surface area (Å²) in [6.07, 6.45) is 0.230. The number of benzene rings is 1. The molecule has 0 atom stereocenters.